The number of rotatable bonds is 8. The van der Waals surface area contributed by atoms with Crippen molar-refractivity contribution in [2.24, 2.45) is 0 Å². The van der Waals surface area contributed by atoms with Gasteiger partial charge in [-0.25, -0.2) is 0 Å². The van der Waals surface area contributed by atoms with E-state index in [1.807, 2.05) is 67.6 Å². The lowest BCUT2D eigenvalue weighted by Crippen LogP contribution is -2.05. The molecular formula is C24H24O3S. The second-order valence-corrected chi connectivity index (χ2v) is 7.80. The van der Waals surface area contributed by atoms with Gasteiger partial charge >= 0.3 is 0 Å². The summed E-state index contributed by atoms with van der Waals surface area (Å²) in [4.78, 5) is 13.9. The highest BCUT2D eigenvalue weighted by Gasteiger charge is 2.19. The average Bonchev–Trinajstić information content (AvgIpc) is 2.74. The zero-order valence-electron chi connectivity index (χ0n) is 16.3. The number of methoxy groups -OCH3 is 2. The number of aryl methyl sites for hydroxylation is 1. The predicted molar refractivity (Wildman–Crippen MR) is 115 cm³/mol. The van der Waals surface area contributed by atoms with Crippen molar-refractivity contribution in [3.05, 3.63) is 89.5 Å². The van der Waals surface area contributed by atoms with E-state index >= 15 is 0 Å². The highest BCUT2D eigenvalue weighted by atomic mass is 32.2. The molecule has 0 N–H and O–H groups in total. The monoisotopic (exact) mass is 392 g/mol. The van der Waals surface area contributed by atoms with Crippen LogP contribution in [0.5, 0.6) is 11.5 Å². The van der Waals surface area contributed by atoms with Crippen LogP contribution in [0.15, 0.2) is 77.7 Å². The second-order valence-electron chi connectivity index (χ2n) is 6.53. The number of benzene rings is 3. The van der Waals surface area contributed by atoms with E-state index in [9.17, 15) is 4.79 Å². The minimum absolute atomic E-state index is 0.00750. The zero-order valence-corrected chi connectivity index (χ0v) is 17.2. The third-order valence-corrected chi connectivity index (χ3v) is 5.80. The Bertz CT molecular complexity index is 920. The fourth-order valence-corrected chi connectivity index (χ4v) is 4.15. The normalized spacial score (nSPS) is 11.7. The van der Waals surface area contributed by atoms with Gasteiger partial charge in [0.25, 0.3) is 0 Å². The number of Topliss-reactive ketones (excluding diaryl/α,β-unsaturated/α-hetero) is 1. The lowest BCUT2D eigenvalue weighted by molar-refractivity contribution is 0.0982. The second kappa shape index (κ2) is 9.47. The molecule has 1 unspecified atom stereocenters. The number of ketones is 1. The molecule has 0 bridgehead atoms. The smallest absolute Gasteiger partial charge is 0.164 e. The van der Waals surface area contributed by atoms with Crippen LogP contribution in [0, 0.1) is 6.92 Å². The standard InChI is InChI=1S/C24H24O3S/c1-17-9-11-18(12-10-17)21(25)16-24(19-7-5-4-6-8-19)28-20-13-14-22(26-2)23(15-20)27-3/h4-15,24H,16H2,1-3H3. The highest BCUT2D eigenvalue weighted by Crippen LogP contribution is 2.41. The summed E-state index contributed by atoms with van der Waals surface area (Å²) in [7, 11) is 3.25. The molecule has 0 amide bonds. The molecule has 144 valence electrons. The van der Waals surface area contributed by atoms with Gasteiger partial charge in [0.1, 0.15) is 0 Å². The van der Waals surface area contributed by atoms with Gasteiger partial charge in [-0.05, 0) is 30.7 Å². The Morgan fingerprint density at radius 1 is 0.893 bits per heavy atom. The van der Waals surface area contributed by atoms with Crippen LogP contribution in [0.25, 0.3) is 0 Å². The Morgan fingerprint density at radius 2 is 1.57 bits per heavy atom. The predicted octanol–water partition coefficient (Wildman–Crippen LogP) is 6.12. The van der Waals surface area contributed by atoms with Gasteiger partial charge in [0.05, 0.1) is 14.2 Å². The van der Waals surface area contributed by atoms with Crippen molar-refractivity contribution in [3.63, 3.8) is 0 Å². The van der Waals surface area contributed by atoms with Gasteiger partial charge in [-0.1, -0.05) is 60.2 Å². The van der Waals surface area contributed by atoms with Crippen molar-refractivity contribution in [3.8, 4) is 11.5 Å². The molecule has 0 aliphatic rings. The Labute approximate surface area is 170 Å². The molecule has 3 aromatic carbocycles. The van der Waals surface area contributed by atoms with Gasteiger partial charge in [0.2, 0.25) is 0 Å². The first-order chi connectivity index (χ1) is 13.6. The molecule has 0 spiro atoms. The maximum Gasteiger partial charge on any atom is 0.164 e. The Kier molecular flexibility index (Phi) is 6.77. The first kappa shape index (κ1) is 20.0. The average molecular weight is 393 g/mol. The topological polar surface area (TPSA) is 35.5 Å². The molecule has 4 heteroatoms. The van der Waals surface area contributed by atoms with Crippen LogP contribution in [0.2, 0.25) is 0 Å². The summed E-state index contributed by atoms with van der Waals surface area (Å²) < 4.78 is 10.7. The van der Waals surface area contributed by atoms with Crippen LogP contribution >= 0.6 is 11.8 Å². The van der Waals surface area contributed by atoms with Crippen LogP contribution in [0.1, 0.15) is 33.2 Å². The van der Waals surface area contributed by atoms with Gasteiger partial charge in [-0.15, -0.1) is 11.8 Å². The van der Waals surface area contributed by atoms with Crippen LogP contribution in [0.3, 0.4) is 0 Å². The summed E-state index contributed by atoms with van der Waals surface area (Å²) in [5.41, 5.74) is 3.03. The molecule has 3 aromatic rings. The van der Waals surface area contributed by atoms with Crippen molar-refractivity contribution < 1.29 is 14.3 Å². The van der Waals surface area contributed by atoms with E-state index in [-0.39, 0.29) is 11.0 Å². The maximum atomic E-state index is 12.9. The number of carbonyl (C=O) groups is 1. The zero-order chi connectivity index (χ0) is 19.9. The molecule has 3 nitrogen and oxygen atoms in total. The fraction of sp³-hybridized carbons (Fsp3) is 0.208. The summed E-state index contributed by atoms with van der Waals surface area (Å²) in [5.74, 6) is 1.52. The number of carbonyl (C=O) groups excluding carboxylic acids is 1. The summed E-state index contributed by atoms with van der Waals surface area (Å²) >= 11 is 1.66. The van der Waals surface area contributed by atoms with E-state index in [1.165, 1.54) is 0 Å². The van der Waals surface area contributed by atoms with E-state index in [4.69, 9.17) is 9.47 Å². The molecule has 0 saturated heterocycles. The highest BCUT2D eigenvalue weighted by molar-refractivity contribution is 7.99. The summed E-state index contributed by atoms with van der Waals surface area (Å²) in [6.45, 7) is 2.02. The molecule has 0 aliphatic carbocycles. The number of ether oxygens (including phenoxy) is 2. The Balaban J connectivity index is 1.85. The number of hydrogen-bond donors (Lipinski definition) is 0. The van der Waals surface area contributed by atoms with Gasteiger partial charge in [-0.2, -0.15) is 0 Å². The van der Waals surface area contributed by atoms with Gasteiger partial charge < -0.3 is 9.47 Å². The minimum Gasteiger partial charge on any atom is -0.493 e. The first-order valence-electron chi connectivity index (χ1n) is 9.14. The molecule has 0 heterocycles. The fourth-order valence-electron chi connectivity index (χ4n) is 2.98. The third-order valence-electron chi connectivity index (χ3n) is 4.55. The third kappa shape index (κ3) is 4.96. The quantitative estimate of drug-likeness (QED) is 0.342. The van der Waals surface area contributed by atoms with E-state index in [0.717, 1.165) is 21.6 Å². The Morgan fingerprint density at radius 3 is 2.21 bits per heavy atom. The SMILES string of the molecule is COc1ccc(SC(CC(=O)c2ccc(C)cc2)c2ccccc2)cc1OC. The van der Waals surface area contributed by atoms with E-state index < -0.39 is 0 Å². The van der Waals surface area contributed by atoms with Crippen molar-refractivity contribution in [1.82, 2.24) is 0 Å². The summed E-state index contributed by atoms with van der Waals surface area (Å²) in [5, 5.41) is 0.00750. The molecule has 0 fully saturated rings. The van der Waals surface area contributed by atoms with Crippen LogP contribution in [0.4, 0.5) is 0 Å². The summed E-state index contributed by atoms with van der Waals surface area (Å²) in [6.07, 6.45) is 0.423. The largest absolute Gasteiger partial charge is 0.493 e. The van der Waals surface area contributed by atoms with Crippen LogP contribution < -0.4 is 9.47 Å². The molecule has 0 saturated carbocycles. The van der Waals surface area contributed by atoms with E-state index in [2.05, 4.69) is 12.1 Å². The maximum absolute atomic E-state index is 12.9. The Hall–Kier alpha value is -2.72. The van der Waals surface area contributed by atoms with E-state index in [1.54, 1.807) is 26.0 Å². The molecule has 0 radical (unpaired) electrons. The number of thioether (sulfide) groups is 1. The molecular weight excluding hydrogens is 368 g/mol. The van der Waals surface area contributed by atoms with Crippen molar-refractivity contribution in [2.75, 3.05) is 14.2 Å². The molecule has 28 heavy (non-hydrogen) atoms. The summed E-state index contributed by atoms with van der Waals surface area (Å²) in [6, 6.07) is 23.8. The van der Waals surface area contributed by atoms with E-state index in [0.29, 0.717) is 17.9 Å². The van der Waals surface area contributed by atoms with Crippen molar-refractivity contribution in [1.29, 1.82) is 0 Å². The van der Waals surface area contributed by atoms with Crippen molar-refractivity contribution >= 4 is 17.5 Å². The van der Waals surface area contributed by atoms with Gasteiger partial charge in [0.15, 0.2) is 17.3 Å². The van der Waals surface area contributed by atoms with Crippen molar-refractivity contribution in [2.45, 2.75) is 23.5 Å². The lowest BCUT2D eigenvalue weighted by Gasteiger charge is -2.18. The number of hydrogen-bond acceptors (Lipinski definition) is 4. The molecule has 3 rings (SSSR count). The molecule has 1 atom stereocenters. The molecule has 0 aliphatic heterocycles. The lowest BCUT2D eigenvalue weighted by atomic mass is 10.0. The minimum atomic E-state index is 0.00750. The van der Waals surface area contributed by atoms with Gasteiger partial charge in [0, 0.05) is 22.1 Å². The van der Waals surface area contributed by atoms with Gasteiger partial charge in [-0.3, -0.25) is 4.79 Å². The van der Waals surface area contributed by atoms with Crippen LogP contribution in [-0.4, -0.2) is 20.0 Å². The van der Waals surface area contributed by atoms with Crippen LogP contribution in [-0.2, 0) is 0 Å². The first-order valence-corrected chi connectivity index (χ1v) is 10.0. The molecule has 0 aromatic heterocycles.